The molecular weight excluding hydrogens is 344 g/mol. The van der Waals surface area contributed by atoms with E-state index in [0.717, 1.165) is 0 Å². The Bertz CT molecular complexity index is 953. The standard InChI is InChI=1S/C17H16N2O5S/c1-19(11-16(20)24-14-9-5-4-8-13(14)23-2)17-12-7-3-6-10-15(12)25(21,22)18-17/h3-10H,11H2,1-2H3. The third-order valence-corrected chi connectivity index (χ3v) is 4.96. The van der Waals surface area contributed by atoms with Crippen LogP contribution >= 0.6 is 0 Å². The Morgan fingerprint density at radius 1 is 1.08 bits per heavy atom. The van der Waals surface area contributed by atoms with Gasteiger partial charge in [-0.2, -0.15) is 8.42 Å². The number of carbonyl (C=O) groups is 1. The van der Waals surface area contributed by atoms with Gasteiger partial charge in [0.25, 0.3) is 10.0 Å². The summed E-state index contributed by atoms with van der Waals surface area (Å²) in [6.45, 7) is -0.166. The molecule has 7 nitrogen and oxygen atoms in total. The van der Waals surface area contributed by atoms with Gasteiger partial charge in [-0.25, -0.2) is 4.79 Å². The summed E-state index contributed by atoms with van der Waals surface area (Å²) < 4.78 is 38.4. The number of ether oxygens (including phenoxy) is 2. The van der Waals surface area contributed by atoms with Crippen LogP contribution < -0.4 is 9.47 Å². The summed E-state index contributed by atoms with van der Waals surface area (Å²) in [4.78, 5) is 13.8. The lowest BCUT2D eigenvalue weighted by atomic mass is 10.2. The van der Waals surface area contributed by atoms with Crippen molar-refractivity contribution < 1.29 is 22.7 Å². The first-order valence-electron chi connectivity index (χ1n) is 7.41. The summed E-state index contributed by atoms with van der Waals surface area (Å²) in [7, 11) is -0.668. The minimum absolute atomic E-state index is 0.134. The molecule has 8 heteroatoms. The SMILES string of the molecule is COc1ccccc1OC(=O)CN(C)C1=NS(=O)(=O)c2ccccc21. The van der Waals surface area contributed by atoms with Gasteiger partial charge in [0.05, 0.1) is 7.11 Å². The highest BCUT2D eigenvalue weighted by molar-refractivity contribution is 7.90. The fourth-order valence-electron chi connectivity index (χ4n) is 2.49. The van der Waals surface area contributed by atoms with E-state index >= 15 is 0 Å². The van der Waals surface area contributed by atoms with Crippen LogP contribution in [-0.4, -0.2) is 45.8 Å². The number of carbonyl (C=O) groups excluding carboxylic acids is 1. The van der Waals surface area contributed by atoms with E-state index in [1.165, 1.54) is 18.1 Å². The summed E-state index contributed by atoms with van der Waals surface area (Å²) in [6.07, 6.45) is 0. The Morgan fingerprint density at radius 2 is 1.72 bits per heavy atom. The Kier molecular flexibility index (Phi) is 4.45. The van der Waals surface area contributed by atoms with Gasteiger partial charge in [0.2, 0.25) is 0 Å². The molecular formula is C17H16N2O5S. The Labute approximate surface area is 145 Å². The largest absolute Gasteiger partial charge is 0.493 e. The van der Waals surface area contributed by atoms with E-state index in [2.05, 4.69) is 4.40 Å². The lowest BCUT2D eigenvalue weighted by Crippen LogP contribution is -2.34. The molecule has 3 rings (SSSR count). The smallest absolute Gasteiger partial charge is 0.331 e. The molecule has 2 aromatic rings. The van der Waals surface area contributed by atoms with Crippen molar-refractivity contribution in [3.63, 3.8) is 0 Å². The molecule has 2 aromatic carbocycles. The zero-order valence-electron chi connectivity index (χ0n) is 13.7. The highest BCUT2D eigenvalue weighted by Crippen LogP contribution is 2.28. The predicted molar refractivity (Wildman–Crippen MR) is 91.4 cm³/mol. The molecule has 0 saturated heterocycles. The van der Waals surface area contributed by atoms with Gasteiger partial charge in [-0.05, 0) is 24.3 Å². The molecule has 130 valence electrons. The number of hydrogen-bond donors (Lipinski definition) is 0. The van der Waals surface area contributed by atoms with Crippen molar-refractivity contribution in [3.8, 4) is 11.5 Å². The summed E-state index contributed by atoms with van der Waals surface area (Å²) in [5.74, 6) is 0.387. The molecule has 0 unspecified atom stereocenters. The van der Waals surface area contributed by atoms with E-state index in [1.807, 2.05) is 0 Å². The zero-order chi connectivity index (χ0) is 18.0. The molecule has 0 radical (unpaired) electrons. The molecule has 25 heavy (non-hydrogen) atoms. The number of para-hydroxylation sites is 2. The summed E-state index contributed by atoms with van der Waals surface area (Å²) in [6, 6.07) is 13.3. The molecule has 0 bridgehead atoms. The average Bonchev–Trinajstić information content (AvgIpc) is 2.87. The van der Waals surface area contributed by atoms with Crippen LogP contribution in [-0.2, 0) is 14.8 Å². The van der Waals surface area contributed by atoms with E-state index in [-0.39, 0.29) is 17.3 Å². The number of likely N-dealkylation sites (N-methyl/N-ethyl adjacent to an activating group) is 1. The number of amidine groups is 1. The lowest BCUT2D eigenvalue weighted by Gasteiger charge is -2.18. The fraction of sp³-hybridized carbons (Fsp3) is 0.176. The fourth-order valence-corrected chi connectivity index (χ4v) is 3.74. The van der Waals surface area contributed by atoms with Crippen LogP contribution in [0, 0.1) is 0 Å². The Hall–Kier alpha value is -2.87. The Morgan fingerprint density at radius 3 is 2.44 bits per heavy atom. The molecule has 0 aromatic heterocycles. The molecule has 1 heterocycles. The van der Waals surface area contributed by atoms with E-state index in [0.29, 0.717) is 17.1 Å². The second kappa shape index (κ2) is 6.56. The number of rotatable bonds is 4. The van der Waals surface area contributed by atoms with Crippen molar-refractivity contribution >= 4 is 21.8 Å². The first kappa shape index (κ1) is 17.0. The van der Waals surface area contributed by atoms with E-state index in [4.69, 9.17) is 9.47 Å². The molecule has 0 aliphatic carbocycles. The summed E-state index contributed by atoms with van der Waals surface area (Å²) >= 11 is 0. The van der Waals surface area contributed by atoms with Crippen LogP contribution in [0.3, 0.4) is 0 Å². The number of sulfonamides is 1. The van der Waals surface area contributed by atoms with Crippen molar-refractivity contribution in [2.24, 2.45) is 4.40 Å². The lowest BCUT2D eigenvalue weighted by molar-refractivity contribution is -0.134. The summed E-state index contributed by atoms with van der Waals surface area (Å²) in [5.41, 5.74) is 0.468. The van der Waals surface area contributed by atoms with Gasteiger partial charge in [0.15, 0.2) is 17.3 Å². The van der Waals surface area contributed by atoms with E-state index in [1.54, 1.807) is 49.5 Å². The Balaban J connectivity index is 1.77. The summed E-state index contributed by atoms with van der Waals surface area (Å²) in [5, 5.41) is 0. The first-order chi connectivity index (χ1) is 11.9. The maximum absolute atomic E-state index is 12.2. The minimum Gasteiger partial charge on any atom is -0.493 e. The molecule has 0 fully saturated rings. The molecule has 0 N–H and O–H groups in total. The zero-order valence-corrected chi connectivity index (χ0v) is 14.5. The number of nitrogens with zero attached hydrogens (tertiary/aromatic N) is 2. The van der Waals surface area contributed by atoms with Crippen LogP contribution in [0.4, 0.5) is 0 Å². The van der Waals surface area contributed by atoms with E-state index < -0.39 is 16.0 Å². The van der Waals surface area contributed by atoms with Crippen LogP contribution in [0.1, 0.15) is 5.56 Å². The van der Waals surface area contributed by atoms with Gasteiger partial charge in [-0.15, -0.1) is 4.40 Å². The normalized spacial score (nSPS) is 14.4. The molecule has 0 spiro atoms. The van der Waals surface area contributed by atoms with Gasteiger partial charge in [0, 0.05) is 12.6 Å². The van der Waals surface area contributed by atoms with Gasteiger partial charge >= 0.3 is 5.97 Å². The van der Waals surface area contributed by atoms with Crippen molar-refractivity contribution in [3.05, 3.63) is 54.1 Å². The van der Waals surface area contributed by atoms with Crippen molar-refractivity contribution in [2.75, 3.05) is 20.7 Å². The monoisotopic (exact) mass is 360 g/mol. The predicted octanol–water partition coefficient (Wildman–Crippen LogP) is 1.68. The third-order valence-electron chi connectivity index (χ3n) is 3.63. The van der Waals surface area contributed by atoms with Gasteiger partial charge in [-0.1, -0.05) is 24.3 Å². The number of benzene rings is 2. The van der Waals surface area contributed by atoms with E-state index in [9.17, 15) is 13.2 Å². The second-order valence-electron chi connectivity index (χ2n) is 5.37. The molecule has 0 atom stereocenters. The first-order valence-corrected chi connectivity index (χ1v) is 8.85. The number of esters is 1. The van der Waals surface area contributed by atoms with Crippen molar-refractivity contribution in [1.29, 1.82) is 0 Å². The average molecular weight is 360 g/mol. The number of methoxy groups -OCH3 is 1. The van der Waals surface area contributed by atoms with Gasteiger partial charge < -0.3 is 14.4 Å². The topological polar surface area (TPSA) is 85.3 Å². The maximum atomic E-state index is 12.2. The van der Waals surface area contributed by atoms with Crippen LogP contribution in [0.15, 0.2) is 57.8 Å². The minimum atomic E-state index is -3.73. The molecule has 1 aliphatic rings. The third kappa shape index (κ3) is 3.34. The van der Waals surface area contributed by atoms with Crippen LogP contribution in [0.2, 0.25) is 0 Å². The number of hydrogen-bond acceptors (Lipinski definition) is 6. The molecule has 1 aliphatic heterocycles. The highest BCUT2D eigenvalue weighted by atomic mass is 32.2. The van der Waals surface area contributed by atoms with Crippen molar-refractivity contribution in [1.82, 2.24) is 4.90 Å². The second-order valence-corrected chi connectivity index (χ2v) is 6.94. The van der Waals surface area contributed by atoms with Crippen LogP contribution in [0.25, 0.3) is 0 Å². The van der Waals surface area contributed by atoms with Gasteiger partial charge in [0.1, 0.15) is 11.4 Å². The molecule has 0 saturated carbocycles. The van der Waals surface area contributed by atoms with Crippen LogP contribution in [0.5, 0.6) is 11.5 Å². The molecule has 0 amide bonds. The number of fused-ring (bicyclic) bond motifs is 1. The quantitative estimate of drug-likeness (QED) is 0.609. The van der Waals surface area contributed by atoms with Gasteiger partial charge in [-0.3, -0.25) is 0 Å². The van der Waals surface area contributed by atoms with Crippen molar-refractivity contribution in [2.45, 2.75) is 4.90 Å². The maximum Gasteiger partial charge on any atom is 0.331 e. The highest BCUT2D eigenvalue weighted by Gasteiger charge is 2.31.